The molecule has 0 amide bonds. The number of aryl methyl sites for hydroxylation is 1. The van der Waals surface area contributed by atoms with Crippen LogP contribution < -0.4 is 0 Å². The Morgan fingerprint density at radius 1 is 0.833 bits per heavy atom. The third-order valence-corrected chi connectivity index (χ3v) is 6.18. The number of fused-ring (bicyclic) bond motifs is 5. The lowest BCUT2D eigenvalue weighted by atomic mass is 9.78. The maximum Gasteiger partial charge on any atom is 0.0388 e. The molecule has 0 saturated carbocycles. The van der Waals surface area contributed by atoms with Gasteiger partial charge < -0.3 is 0 Å². The number of hydrogen-bond acceptors (Lipinski definition) is 1. The van der Waals surface area contributed by atoms with Crippen molar-refractivity contribution in [2.24, 2.45) is 0 Å². The van der Waals surface area contributed by atoms with Crippen LogP contribution in [0.25, 0.3) is 17.2 Å². The van der Waals surface area contributed by atoms with Gasteiger partial charge in [-0.05, 0) is 78.6 Å². The lowest BCUT2D eigenvalue weighted by Gasteiger charge is -2.37. The Morgan fingerprint density at radius 2 is 1.71 bits per heavy atom. The second-order valence-electron chi connectivity index (χ2n) is 7.50. The summed E-state index contributed by atoms with van der Waals surface area (Å²) in [6, 6.07) is 14.4. The molecule has 1 unspecified atom stereocenters. The van der Waals surface area contributed by atoms with Gasteiger partial charge in [-0.2, -0.15) is 0 Å². The van der Waals surface area contributed by atoms with Crippen molar-refractivity contribution in [3.63, 3.8) is 0 Å². The molecule has 1 aliphatic heterocycles. The van der Waals surface area contributed by atoms with Gasteiger partial charge >= 0.3 is 0 Å². The van der Waals surface area contributed by atoms with E-state index in [1.807, 2.05) is 0 Å². The topological polar surface area (TPSA) is 3.24 Å². The Morgan fingerprint density at radius 3 is 2.62 bits per heavy atom. The van der Waals surface area contributed by atoms with Crippen LogP contribution in [0.3, 0.4) is 0 Å². The van der Waals surface area contributed by atoms with Gasteiger partial charge in [0.2, 0.25) is 0 Å². The molecule has 1 fully saturated rings. The molecule has 2 aromatic carbocycles. The molecule has 122 valence electrons. The quantitative estimate of drug-likeness (QED) is 0.681. The minimum absolute atomic E-state index is 0.604. The van der Waals surface area contributed by atoms with Crippen LogP contribution in [0.1, 0.15) is 54.0 Å². The van der Waals surface area contributed by atoms with Crippen molar-refractivity contribution < 1.29 is 0 Å². The summed E-state index contributed by atoms with van der Waals surface area (Å²) < 4.78 is 0. The minimum atomic E-state index is 0.604. The van der Waals surface area contributed by atoms with Crippen LogP contribution in [0, 0.1) is 0 Å². The summed E-state index contributed by atoms with van der Waals surface area (Å²) in [4.78, 5) is 2.73. The van der Waals surface area contributed by atoms with E-state index in [0.29, 0.717) is 6.04 Å². The Bertz CT molecular complexity index is 796. The highest BCUT2D eigenvalue weighted by Crippen LogP contribution is 2.42. The Balaban J connectivity index is 1.60. The highest BCUT2D eigenvalue weighted by molar-refractivity contribution is 5.79. The third kappa shape index (κ3) is 2.26. The largest absolute Gasteiger partial charge is 0.296 e. The number of piperidine rings is 1. The molecule has 5 rings (SSSR count). The Labute approximate surface area is 145 Å². The van der Waals surface area contributed by atoms with Gasteiger partial charge in [0.05, 0.1) is 0 Å². The molecular weight excluding hydrogens is 290 g/mol. The zero-order valence-corrected chi connectivity index (χ0v) is 14.3. The summed E-state index contributed by atoms with van der Waals surface area (Å²) in [6.07, 6.45) is 12.5. The van der Waals surface area contributed by atoms with Gasteiger partial charge in [-0.25, -0.2) is 0 Å². The SMILES string of the molecule is C1=Cc2c(ccc3c2CCc2ccccc2-3)C(N2CCCCC2)C1. The second kappa shape index (κ2) is 5.89. The summed E-state index contributed by atoms with van der Waals surface area (Å²) in [6.45, 7) is 2.55. The molecular formula is C23H25N. The zero-order chi connectivity index (χ0) is 15.9. The van der Waals surface area contributed by atoms with Gasteiger partial charge in [-0.1, -0.05) is 55.0 Å². The van der Waals surface area contributed by atoms with Gasteiger partial charge in [0.15, 0.2) is 0 Å². The minimum Gasteiger partial charge on any atom is -0.296 e. The van der Waals surface area contributed by atoms with Crippen molar-refractivity contribution in [2.75, 3.05) is 13.1 Å². The molecule has 24 heavy (non-hydrogen) atoms. The first-order valence-electron chi connectivity index (χ1n) is 9.56. The summed E-state index contributed by atoms with van der Waals surface area (Å²) >= 11 is 0. The molecule has 0 N–H and O–H groups in total. The maximum absolute atomic E-state index is 2.73. The van der Waals surface area contributed by atoms with Crippen molar-refractivity contribution in [3.05, 3.63) is 64.7 Å². The van der Waals surface area contributed by atoms with E-state index in [-0.39, 0.29) is 0 Å². The van der Waals surface area contributed by atoms with Crippen molar-refractivity contribution in [1.29, 1.82) is 0 Å². The first-order chi connectivity index (χ1) is 11.9. The predicted molar refractivity (Wildman–Crippen MR) is 101 cm³/mol. The lowest BCUT2D eigenvalue weighted by Crippen LogP contribution is -2.34. The van der Waals surface area contributed by atoms with Crippen LogP contribution in [-0.2, 0) is 12.8 Å². The van der Waals surface area contributed by atoms with Crippen molar-refractivity contribution in [3.8, 4) is 11.1 Å². The average Bonchev–Trinajstić information content (AvgIpc) is 2.67. The number of nitrogens with zero attached hydrogens (tertiary/aromatic N) is 1. The number of benzene rings is 2. The van der Waals surface area contributed by atoms with Crippen molar-refractivity contribution >= 4 is 6.08 Å². The average molecular weight is 315 g/mol. The fourth-order valence-electron chi connectivity index (χ4n) is 4.97. The van der Waals surface area contributed by atoms with E-state index < -0.39 is 0 Å². The van der Waals surface area contributed by atoms with Gasteiger partial charge in [-0.15, -0.1) is 0 Å². The molecule has 2 aromatic rings. The molecule has 1 saturated heterocycles. The van der Waals surface area contributed by atoms with Crippen LogP contribution in [0.4, 0.5) is 0 Å². The van der Waals surface area contributed by atoms with Gasteiger partial charge in [-0.3, -0.25) is 4.90 Å². The predicted octanol–water partition coefficient (Wildman–Crippen LogP) is 5.40. The van der Waals surface area contributed by atoms with Gasteiger partial charge in [0.1, 0.15) is 0 Å². The monoisotopic (exact) mass is 315 g/mol. The molecule has 0 bridgehead atoms. The van der Waals surface area contributed by atoms with E-state index in [9.17, 15) is 0 Å². The van der Waals surface area contributed by atoms with Crippen molar-refractivity contribution in [1.82, 2.24) is 4.90 Å². The highest BCUT2D eigenvalue weighted by Gasteiger charge is 2.28. The smallest absolute Gasteiger partial charge is 0.0388 e. The first kappa shape index (κ1) is 14.5. The standard InChI is InChI=1S/C23H25N/c1-4-15-24(16-5-1)23-10-6-9-19-21-12-11-17-7-2-3-8-18(17)20(21)13-14-22(19)23/h2-3,6-9,13-14,23H,1,4-5,10-12,15-16H2. The molecule has 0 spiro atoms. The van der Waals surface area contributed by atoms with E-state index in [0.717, 1.165) is 0 Å². The fourth-order valence-corrected chi connectivity index (χ4v) is 4.97. The van der Waals surface area contributed by atoms with Crippen molar-refractivity contribution in [2.45, 2.75) is 44.6 Å². The summed E-state index contributed by atoms with van der Waals surface area (Å²) in [7, 11) is 0. The van der Waals surface area contributed by atoms with E-state index in [4.69, 9.17) is 0 Å². The van der Waals surface area contributed by atoms with Crippen LogP contribution in [-0.4, -0.2) is 18.0 Å². The lowest BCUT2D eigenvalue weighted by molar-refractivity contribution is 0.163. The molecule has 1 heterocycles. The van der Waals surface area contributed by atoms with E-state index in [1.165, 1.54) is 73.9 Å². The zero-order valence-electron chi connectivity index (χ0n) is 14.3. The van der Waals surface area contributed by atoms with Gasteiger partial charge in [0.25, 0.3) is 0 Å². The Hall–Kier alpha value is -1.86. The summed E-state index contributed by atoms with van der Waals surface area (Å²) in [5, 5.41) is 0. The summed E-state index contributed by atoms with van der Waals surface area (Å²) in [5.74, 6) is 0. The van der Waals surface area contributed by atoms with Crippen LogP contribution in [0.2, 0.25) is 0 Å². The van der Waals surface area contributed by atoms with Gasteiger partial charge in [0, 0.05) is 6.04 Å². The number of hydrogen-bond donors (Lipinski definition) is 0. The number of likely N-dealkylation sites (tertiary alicyclic amines) is 1. The van der Waals surface area contributed by atoms with Crippen LogP contribution >= 0.6 is 0 Å². The molecule has 1 nitrogen and oxygen atoms in total. The molecule has 0 aromatic heterocycles. The van der Waals surface area contributed by atoms with E-state index in [1.54, 1.807) is 11.1 Å². The van der Waals surface area contributed by atoms with Crippen LogP contribution in [0.5, 0.6) is 0 Å². The second-order valence-corrected chi connectivity index (χ2v) is 7.50. The molecule has 0 radical (unpaired) electrons. The maximum atomic E-state index is 2.73. The van der Waals surface area contributed by atoms with Crippen LogP contribution in [0.15, 0.2) is 42.5 Å². The van der Waals surface area contributed by atoms with E-state index >= 15 is 0 Å². The Kier molecular flexibility index (Phi) is 3.56. The van der Waals surface area contributed by atoms with E-state index in [2.05, 4.69) is 53.5 Å². The molecule has 2 aliphatic carbocycles. The summed E-state index contributed by atoms with van der Waals surface area (Å²) in [5.41, 5.74) is 9.14. The first-order valence-corrected chi connectivity index (χ1v) is 9.56. The fraction of sp³-hybridized carbons (Fsp3) is 0.391. The molecule has 1 heteroatoms. The third-order valence-electron chi connectivity index (χ3n) is 6.18. The normalized spacial score (nSPS) is 22.6. The highest BCUT2D eigenvalue weighted by atomic mass is 15.2. The number of rotatable bonds is 1. The molecule has 3 aliphatic rings. The molecule has 1 atom stereocenters.